The number of urea groups is 1. The molecular weight excluding hydrogens is 330 g/mol. The molecule has 1 fully saturated rings. The summed E-state index contributed by atoms with van der Waals surface area (Å²) in [4.78, 5) is 25.9. The molecule has 3 amide bonds. The number of anilines is 1. The number of hydrogen-bond acceptors (Lipinski definition) is 3. The van der Waals surface area contributed by atoms with Gasteiger partial charge in [0, 0.05) is 13.1 Å². The highest BCUT2D eigenvalue weighted by atomic mass is 35.5. The fraction of sp³-hybridized carbons (Fsp3) is 0.312. The number of nitrogens with zero attached hydrogens (tertiary/aromatic N) is 3. The van der Waals surface area contributed by atoms with E-state index < -0.39 is 6.04 Å². The molecule has 0 aliphatic carbocycles. The second-order valence-electron chi connectivity index (χ2n) is 5.46. The van der Waals surface area contributed by atoms with Crippen LogP contribution in [0.3, 0.4) is 0 Å². The summed E-state index contributed by atoms with van der Waals surface area (Å²) in [5.41, 5.74) is 1.27. The number of piperazine rings is 1. The lowest BCUT2D eigenvalue weighted by molar-refractivity contribution is -0.127. The Hall–Kier alpha value is -2.54. The summed E-state index contributed by atoms with van der Waals surface area (Å²) in [6.07, 6.45) is 3.80. The van der Waals surface area contributed by atoms with Crippen molar-refractivity contribution in [3.63, 3.8) is 0 Å². The summed E-state index contributed by atoms with van der Waals surface area (Å²) >= 11 is 6.15. The lowest BCUT2D eigenvalue weighted by Gasteiger charge is -2.34. The molecule has 0 bridgehead atoms. The van der Waals surface area contributed by atoms with E-state index in [9.17, 15) is 9.59 Å². The van der Waals surface area contributed by atoms with Crippen molar-refractivity contribution in [2.24, 2.45) is 0 Å². The van der Waals surface area contributed by atoms with E-state index in [-0.39, 0.29) is 11.9 Å². The maximum Gasteiger partial charge on any atom is 0.322 e. The number of carbonyl (C=O) groups excluding carboxylic acids is 2. The fourth-order valence-electron chi connectivity index (χ4n) is 2.72. The number of aromatic nitrogens is 2. The summed E-state index contributed by atoms with van der Waals surface area (Å²) in [7, 11) is 0. The number of nitrogens with one attached hydrogen (secondary N) is 2. The zero-order valence-corrected chi connectivity index (χ0v) is 14.0. The Labute approximate surface area is 144 Å². The predicted molar refractivity (Wildman–Crippen MR) is 91.4 cm³/mol. The van der Waals surface area contributed by atoms with E-state index in [1.165, 1.54) is 0 Å². The first kappa shape index (κ1) is 16.3. The van der Waals surface area contributed by atoms with Crippen molar-refractivity contribution in [1.82, 2.24) is 20.0 Å². The molecule has 2 aromatic rings. The second kappa shape index (κ2) is 6.92. The van der Waals surface area contributed by atoms with Crippen molar-refractivity contribution in [1.29, 1.82) is 0 Å². The van der Waals surface area contributed by atoms with E-state index in [1.807, 2.05) is 25.1 Å². The first-order valence-electron chi connectivity index (χ1n) is 7.75. The van der Waals surface area contributed by atoms with E-state index >= 15 is 0 Å². The van der Waals surface area contributed by atoms with Gasteiger partial charge < -0.3 is 15.5 Å². The van der Waals surface area contributed by atoms with Gasteiger partial charge in [-0.25, -0.2) is 9.48 Å². The molecule has 1 atom stereocenters. The van der Waals surface area contributed by atoms with E-state index in [2.05, 4.69) is 15.7 Å². The molecule has 0 saturated carbocycles. The average molecular weight is 348 g/mol. The molecule has 1 aromatic heterocycles. The van der Waals surface area contributed by atoms with Gasteiger partial charge in [0.05, 0.1) is 28.8 Å². The summed E-state index contributed by atoms with van der Waals surface area (Å²) < 4.78 is 1.60. The minimum Gasteiger partial charge on any atom is -0.353 e. The largest absolute Gasteiger partial charge is 0.353 e. The van der Waals surface area contributed by atoms with Gasteiger partial charge in [0.25, 0.3) is 0 Å². The van der Waals surface area contributed by atoms with Gasteiger partial charge in [-0.2, -0.15) is 5.10 Å². The molecule has 7 nitrogen and oxygen atoms in total. The third kappa shape index (κ3) is 3.21. The summed E-state index contributed by atoms with van der Waals surface area (Å²) in [6.45, 7) is 2.82. The van der Waals surface area contributed by atoms with E-state index in [0.29, 0.717) is 30.2 Å². The van der Waals surface area contributed by atoms with Crippen LogP contribution >= 0.6 is 11.6 Å². The van der Waals surface area contributed by atoms with Crippen LogP contribution in [0, 0.1) is 0 Å². The molecular formula is C16H18ClN5O2. The Balaban J connectivity index is 1.74. The lowest BCUT2D eigenvalue weighted by Crippen LogP contribution is -2.57. The number of hydrogen-bond donors (Lipinski definition) is 2. The van der Waals surface area contributed by atoms with Crippen molar-refractivity contribution in [3.8, 4) is 5.69 Å². The predicted octanol–water partition coefficient (Wildman–Crippen LogP) is 2.27. The minimum absolute atomic E-state index is 0.120. The van der Waals surface area contributed by atoms with E-state index in [0.717, 1.165) is 5.69 Å². The minimum atomic E-state index is -0.447. The van der Waals surface area contributed by atoms with Crippen molar-refractivity contribution >= 4 is 29.2 Å². The molecule has 24 heavy (non-hydrogen) atoms. The van der Waals surface area contributed by atoms with E-state index in [1.54, 1.807) is 28.0 Å². The Morgan fingerprint density at radius 2 is 2.25 bits per heavy atom. The Kier molecular flexibility index (Phi) is 4.71. The number of para-hydroxylation sites is 1. The molecule has 2 N–H and O–H groups in total. The van der Waals surface area contributed by atoms with Crippen molar-refractivity contribution in [2.75, 3.05) is 18.4 Å². The van der Waals surface area contributed by atoms with Crippen LogP contribution in [0.1, 0.15) is 13.3 Å². The molecule has 2 heterocycles. The van der Waals surface area contributed by atoms with Crippen LogP contribution in [0.4, 0.5) is 10.5 Å². The number of amides is 3. The highest BCUT2D eigenvalue weighted by Crippen LogP contribution is 2.21. The molecule has 0 radical (unpaired) electrons. The van der Waals surface area contributed by atoms with E-state index in [4.69, 9.17) is 11.6 Å². The lowest BCUT2D eigenvalue weighted by atomic mass is 10.1. The third-order valence-corrected chi connectivity index (χ3v) is 4.23. The quantitative estimate of drug-likeness (QED) is 0.893. The van der Waals surface area contributed by atoms with Gasteiger partial charge in [-0.05, 0) is 18.6 Å². The molecule has 1 saturated heterocycles. The Morgan fingerprint density at radius 3 is 3.00 bits per heavy atom. The summed E-state index contributed by atoms with van der Waals surface area (Å²) in [5, 5.41) is 10.3. The summed E-state index contributed by atoms with van der Waals surface area (Å²) in [6, 6.07) is 6.55. The molecule has 8 heteroatoms. The highest BCUT2D eigenvalue weighted by molar-refractivity contribution is 6.32. The van der Waals surface area contributed by atoms with Gasteiger partial charge in [0.15, 0.2) is 0 Å². The van der Waals surface area contributed by atoms with Crippen molar-refractivity contribution < 1.29 is 9.59 Å². The van der Waals surface area contributed by atoms with Crippen molar-refractivity contribution in [2.45, 2.75) is 19.4 Å². The molecule has 0 spiro atoms. The Morgan fingerprint density at radius 1 is 1.46 bits per heavy atom. The highest BCUT2D eigenvalue weighted by Gasteiger charge is 2.31. The first-order valence-corrected chi connectivity index (χ1v) is 8.13. The zero-order valence-electron chi connectivity index (χ0n) is 13.2. The average Bonchev–Trinajstić information content (AvgIpc) is 3.03. The SMILES string of the molecule is CC[C@@H]1C(=O)NCCN1C(=O)Nc1cnn(-c2ccccc2Cl)c1. The monoisotopic (exact) mass is 347 g/mol. The maximum absolute atomic E-state index is 12.5. The normalized spacial score (nSPS) is 17.5. The topological polar surface area (TPSA) is 79.3 Å². The second-order valence-corrected chi connectivity index (χ2v) is 5.87. The van der Waals surface area contributed by atoms with Crippen LogP contribution in [-0.4, -0.2) is 45.8 Å². The molecule has 1 aromatic carbocycles. The van der Waals surface area contributed by atoms with Crippen LogP contribution < -0.4 is 10.6 Å². The third-order valence-electron chi connectivity index (χ3n) is 3.91. The van der Waals surface area contributed by atoms with Gasteiger partial charge in [-0.3, -0.25) is 4.79 Å². The van der Waals surface area contributed by atoms with Gasteiger partial charge >= 0.3 is 6.03 Å². The Bertz CT molecular complexity index is 760. The van der Waals surface area contributed by atoms with Crippen LogP contribution in [0.5, 0.6) is 0 Å². The van der Waals surface area contributed by atoms with Crippen LogP contribution in [0.15, 0.2) is 36.7 Å². The zero-order chi connectivity index (χ0) is 17.1. The number of halogens is 1. The molecule has 3 rings (SSSR count). The number of benzene rings is 1. The number of carbonyl (C=O) groups is 2. The standard InChI is InChI=1S/C16H18ClN5O2/c1-2-13-15(23)18-7-8-21(13)16(24)20-11-9-19-22(10-11)14-6-4-3-5-12(14)17/h3-6,9-10,13H,2,7-8H2,1H3,(H,18,23)(H,20,24)/t13-/m1/s1. The first-order chi connectivity index (χ1) is 11.6. The molecule has 1 aliphatic rings. The smallest absolute Gasteiger partial charge is 0.322 e. The van der Waals surface area contributed by atoms with Gasteiger partial charge in [0.1, 0.15) is 6.04 Å². The van der Waals surface area contributed by atoms with Crippen molar-refractivity contribution in [3.05, 3.63) is 41.7 Å². The molecule has 1 aliphatic heterocycles. The summed E-state index contributed by atoms with van der Waals surface area (Å²) in [5.74, 6) is -0.120. The van der Waals surface area contributed by atoms with Crippen LogP contribution in [0.25, 0.3) is 5.69 Å². The van der Waals surface area contributed by atoms with Gasteiger partial charge in [-0.15, -0.1) is 0 Å². The molecule has 126 valence electrons. The van der Waals surface area contributed by atoms with Gasteiger partial charge in [-0.1, -0.05) is 30.7 Å². The van der Waals surface area contributed by atoms with Gasteiger partial charge in [0.2, 0.25) is 5.91 Å². The fourth-order valence-corrected chi connectivity index (χ4v) is 2.94. The maximum atomic E-state index is 12.5. The number of rotatable bonds is 3. The molecule has 0 unspecified atom stereocenters. The van der Waals surface area contributed by atoms with Crippen LogP contribution in [-0.2, 0) is 4.79 Å². The van der Waals surface area contributed by atoms with Crippen LogP contribution in [0.2, 0.25) is 5.02 Å².